The van der Waals surface area contributed by atoms with Crippen molar-refractivity contribution in [2.75, 3.05) is 18.4 Å². The molecule has 0 bridgehead atoms. The van der Waals surface area contributed by atoms with E-state index in [4.69, 9.17) is 5.73 Å². The zero-order valence-corrected chi connectivity index (χ0v) is 12.4. The minimum absolute atomic E-state index is 0.0737. The second kappa shape index (κ2) is 6.45. The number of hydrogen-bond acceptors (Lipinski definition) is 5. The molecule has 0 aromatic carbocycles. The van der Waals surface area contributed by atoms with E-state index in [2.05, 4.69) is 22.1 Å². The Morgan fingerprint density at radius 1 is 1.63 bits per heavy atom. The maximum absolute atomic E-state index is 11.0. The molecular formula is C13H22N4OS. The average Bonchev–Trinajstić information content (AvgIpc) is 2.78. The van der Waals surface area contributed by atoms with Gasteiger partial charge in [-0.05, 0) is 32.2 Å². The van der Waals surface area contributed by atoms with E-state index < -0.39 is 0 Å². The smallest absolute Gasteiger partial charge is 0.223 e. The molecule has 0 radical (unpaired) electrons. The van der Waals surface area contributed by atoms with Gasteiger partial charge in [-0.1, -0.05) is 0 Å². The van der Waals surface area contributed by atoms with Crippen LogP contribution >= 0.6 is 11.3 Å². The van der Waals surface area contributed by atoms with Gasteiger partial charge in [0.25, 0.3) is 0 Å². The number of nitrogens with one attached hydrogen (secondary N) is 1. The van der Waals surface area contributed by atoms with Gasteiger partial charge in [0.2, 0.25) is 5.91 Å². The summed E-state index contributed by atoms with van der Waals surface area (Å²) in [4.78, 5) is 17.9. The first-order chi connectivity index (χ1) is 9.08. The number of anilines is 1. The van der Waals surface area contributed by atoms with E-state index in [0.717, 1.165) is 25.3 Å². The molecule has 1 amide bonds. The predicted molar refractivity (Wildman–Crippen MR) is 78.1 cm³/mol. The van der Waals surface area contributed by atoms with E-state index in [1.807, 2.05) is 5.38 Å². The molecule has 106 valence electrons. The normalized spacial score (nSPS) is 24.4. The highest BCUT2D eigenvalue weighted by Gasteiger charge is 2.25. The molecule has 1 aromatic rings. The Morgan fingerprint density at radius 3 is 3.11 bits per heavy atom. The number of hydrogen-bond donors (Lipinski definition) is 2. The fourth-order valence-electron chi connectivity index (χ4n) is 2.47. The topological polar surface area (TPSA) is 71.2 Å². The lowest BCUT2D eigenvalue weighted by Gasteiger charge is -2.37. The standard InChI is InChI=1S/C13H22N4OS/c1-9-3-4-11(5-14)6-17(9)7-12-8-19-13(16-12)15-10(2)18/h8-9,11H,3-7,14H2,1-2H3,(H,15,16,18). The molecule has 1 aliphatic heterocycles. The van der Waals surface area contributed by atoms with Gasteiger partial charge in [0.15, 0.2) is 5.13 Å². The quantitative estimate of drug-likeness (QED) is 0.881. The van der Waals surface area contributed by atoms with Crippen LogP contribution in [0, 0.1) is 5.92 Å². The van der Waals surface area contributed by atoms with Crippen molar-refractivity contribution in [3.63, 3.8) is 0 Å². The SMILES string of the molecule is CC(=O)Nc1nc(CN2CC(CN)CCC2C)cs1. The van der Waals surface area contributed by atoms with E-state index in [1.165, 1.54) is 31.1 Å². The summed E-state index contributed by atoms with van der Waals surface area (Å²) in [7, 11) is 0. The lowest BCUT2D eigenvalue weighted by molar-refractivity contribution is -0.114. The van der Waals surface area contributed by atoms with Gasteiger partial charge in [-0.3, -0.25) is 9.69 Å². The second-order valence-electron chi connectivity index (χ2n) is 5.28. The van der Waals surface area contributed by atoms with Crippen molar-refractivity contribution in [3.8, 4) is 0 Å². The Labute approximate surface area is 118 Å². The Bertz CT molecular complexity index is 434. The minimum Gasteiger partial charge on any atom is -0.330 e. The predicted octanol–water partition coefficient (Wildman–Crippen LogP) is 1.66. The van der Waals surface area contributed by atoms with Crippen LogP contribution in [0.5, 0.6) is 0 Å². The van der Waals surface area contributed by atoms with Crippen molar-refractivity contribution in [3.05, 3.63) is 11.1 Å². The van der Waals surface area contributed by atoms with Gasteiger partial charge in [0.1, 0.15) is 0 Å². The first-order valence-corrected chi connectivity index (χ1v) is 7.62. The summed E-state index contributed by atoms with van der Waals surface area (Å²) in [6, 6.07) is 0.578. The molecule has 3 N–H and O–H groups in total. The van der Waals surface area contributed by atoms with E-state index in [-0.39, 0.29) is 5.91 Å². The van der Waals surface area contributed by atoms with Crippen LogP contribution in [0.25, 0.3) is 0 Å². The lowest BCUT2D eigenvalue weighted by atomic mass is 9.93. The number of nitrogens with two attached hydrogens (primary N) is 1. The number of aromatic nitrogens is 1. The van der Waals surface area contributed by atoms with Crippen molar-refractivity contribution in [1.29, 1.82) is 0 Å². The van der Waals surface area contributed by atoms with Gasteiger partial charge >= 0.3 is 0 Å². The number of carbonyl (C=O) groups is 1. The molecule has 2 rings (SSSR count). The second-order valence-corrected chi connectivity index (χ2v) is 6.14. The van der Waals surface area contributed by atoms with Gasteiger partial charge in [-0.25, -0.2) is 4.98 Å². The summed E-state index contributed by atoms with van der Waals surface area (Å²) in [5.74, 6) is 0.528. The average molecular weight is 282 g/mol. The number of nitrogens with zero attached hydrogens (tertiary/aromatic N) is 2. The molecule has 1 fully saturated rings. The van der Waals surface area contributed by atoms with Gasteiger partial charge in [0, 0.05) is 31.4 Å². The molecule has 5 nitrogen and oxygen atoms in total. The van der Waals surface area contributed by atoms with Crippen LogP contribution in [-0.2, 0) is 11.3 Å². The first-order valence-electron chi connectivity index (χ1n) is 6.74. The molecule has 0 aliphatic carbocycles. The lowest BCUT2D eigenvalue weighted by Crippen LogP contribution is -2.43. The molecule has 1 aromatic heterocycles. The van der Waals surface area contributed by atoms with Crippen molar-refractivity contribution in [1.82, 2.24) is 9.88 Å². The van der Waals surface area contributed by atoms with Crippen LogP contribution < -0.4 is 11.1 Å². The minimum atomic E-state index is -0.0737. The maximum Gasteiger partial charge on any atom is 0.223 e. The third-order valence-corrected chi connectivity index (χ3v) is 4.45. The molecule has 1 saturated heterocycles. The van der Waals surface area contributed by atoms with Crippen molar-refractivity contribution in [2.45, 2.75) is 39.3 Å². The molecule has 2 atom stereocenters. The van der Waals surface area contributed by atoms with Crippen LogP contribution in [0.1, 0.15) is 32.4 Å². The number of rotatable bonds is 4. The van der Waals surface area contributed by atoms with Crippen molar-refractivity contribution < 1.29 is 4.79 Å². The number of piperidine rings is 1. The highest BCUT2D eigenvalue weighted by Crippen LogP contribution is 2.24. The number of amides is 1. The third kappa shape index (κ3) is 3.99. The summed E-state index contributed by atoms with van der Waals surface area (Å²) in [5, 5.41) is 5.42. The van der Waals surface area contributed by atoms with Crippen LogP contribution in [0.15, 0.2) is 5.38 Å². The number of carbonyl (C=O) groups excluding carboxylic acids is 1. The van der Waals surface area contributed by atoms with E-state index in [1.54, 1.807) is 0 Å². The number of likely N-dealkylation sites (tertiary alicyclic amines) is 1. The largest absolute Gasteiger partial charge is 0.330 e. The Kier molecular flexibility index (Phi) is 4.90. The van der Waals surface area contributed by atoms with Gasteiger partial charge in [-0.2, -0.15) is 0 Å². The summed E-state index contributed by atoms with van der Waals surface area (Å²) >= 11 is 1.48. The monoisotopic (exact) mass is 282 g/mol. The molecule has 2 heterocycles. The van der Waals surface area contributed by atoms with Crippen LogP contribution in [-0.4, -0.2) is 34.9 Å². The third-order valence-electron chi connectivity index (χ3n) is 3.64. The first kappa shape index (κ1) is 14.4. The van der Waals surface area contributed by atoms with Crippen LogP contribution in [0.3, 0.4) is 0 Å². The summed E-state index contributed by atoms with van der Waals surface area (Å²) in [5.41, 5.74) is 6.80. The van der Waals surface area contributed by atoms with E-state index in [0.29, 0.717) is 17.1 Å². The maximum atomic E-state index is 11.0. The highest BCUT2D eigenvalue weighted by molar-refractivity contribution is 7.13. The van der Waals surface area contributed by atoms with Gasteiger partial charge in [-0.15, -0.1) is 11.3 Å². The van der Waals surface area contributed by atoms with Crippen molar-refractivity contribution in [2.24, 2.45) is 11.7 Å². The molecule has 19 heavy (non-hydrogen) atoms. The number of thiazole rings is 1. The van der Waals surface area contributed by atoms with E-state index >= 15 is 0 Å². The zero-order valence-electron chi connectivity index (χ0n) is 11.6. The molecular weight excluding hydrogens is 260 g/mol. The zero-order chi connectivity index (χ0) is 13.8. The summed E-state index contributed by atoms with van der Waals surface area (Å²) in [6.45, 7) is 6.41. The molecule has 6 heteroatoms. The molecule has 1 aliphatic rings. The summed E-state index contributed by atoms with van der Waals surface area (Å²) in [6.07, 6.45) is 2.42. The Balaban J connectivity index is 1.95. The van der Waals surface area contributed by atoms with Gasteiger partial charge in [0.05, 0.1) is 5.69 Å². The molecule has 0 saturated carbocycles. The van der Waals surface area contributed by atoms with Gasteiger partial charge < -0.3 is 11.1 Å². The summed E-state index contributed by atoms with van der Waals surface area (Å²) < 4.78 is 0. The fourth-order valence-corrected chi connectivity index (χ4v) is 3.22. The Morgan fingerprint density at radius 2 is 2.42 bits per heavy atom. The molecule has 2 unspecified atom stereocenters. The fraction of sp³-hybridized carbons (Fsp3) is 0.692. The van der Waals surface area contributed by atoms with Crippen molar-refractivity contribution >= 4 is 22.4 Å². The van der Waals surface area contributed by atoms with Crippen LogP contribution in [0.2, 0.25) is 0 Å². The highest BCUT2D eigenvalue weighted by atomic mass is 32.1. The van der Waals surface area contributed by atoms with E-state index in [9.17, 15) is 4.79 Å². The molecule has 0 spiro atoms. The Hall–Kier alpha value is -0.980. The van der Waals surface area contributed by atoms with Crippen LogP contribution in [0.4, 0.5) is 5.13 Å².